The molecule has 1 aromatic heterocycles. The Kier molecular flexibility index (Phi) is 3.12. The first-order valence-corrected chi connectivity index (χ1v) is 6.08. The number of rotatable bonds is 3. The fraction of sp³-hybridized carbons (Fsp3) is 0.143. The second-order valence-corrected chi connectivity index (χ2v) is 4.22. The minimum absolute atomic E-state index is 0.181. The van der Waals surface area contributed by atoms with Gasteiger partial charge in [0.25, 0.3) is 0 Å². The van der Waals surface area contributed by atoms with Crippen LogP contribution in [0.3, 0.4) is 0 Å². The molecule has 0 amide bonds. The Morgan fingerprint density at radius 2 is 1.95 bits per heavy atom. The first-order chi connectivity index (χ1) is 9.72. The number of carboxylic acids is 1. The third-order valence-electron chi connectivity index (χ3n) is 2.82. The van der Waals surface area contributed by atoms with Crippen LogP contribution in [0.5, 0.6) is 11.5 Å². The van der Waals surface area contributed by atoms with Crippen molar-refractivity contribution in [2.24, 2.45) is 0 Å². The van der Waals surface area contributed by atoms with Crippen LogP contribution in [-0.4, -0.2) is 29.3 Å². The standard InChI is InChI=1S/C14H12N2O4/c17-14(18)9-3-4-15-13(7-9)16-10-1-2-11-12(8-10)20-6-5-19-11/h1-4,7-8H,5-6H2,(H,15,16)(H,17,18). The maximum Gasteiger partial charge on any atom is 0.335 e. The molecule has 2 N–H and O–H groups in total. The van der Waals surface area contributed by atoms with E-state index < -0.39 is 5.97 Å². The molecule has 6 nitrogen and oxygen atoms in total. The molecule has 0 saturated carbocycles. The summed E-state index contributed by atoms with van der Waals surface area (Å²) in [6.45, 7) is 1.06. The Bertz CT molecular complexity index is 657. The van der Waals surface area contributed by atoms with Crippen LogP contribution < -0.4 is 14.8 Å². The molecule has 0 fully saturated rings. The highest BCUT2D eigenvalue weighted by molar-refractivity contribution is 5.88. The Morgan fingerprint density at radius 1 is 1.15 bits per heavy atom. The predicted molar refractivity (Wildman–Crippen MR) is 71.9 cm³/mol. The molecule has 2 aromatic rings. The average Bonchev–Trinajstić information content (AvgIpc) is 2.47. The first-order valence-electron chi connectivity index (χ1n) is 6.08. The zero-order valence-electron chi connectivity index (χ0n) is 10.5. The summed E-state index contributed by atoms with van der Waals surface area (Å²) in [6.07, 6.45) is 1.45. The van der Waals surface area contributed by atoms with E-state index in [1.165, 1.54) is 18.3 Å². The number of aromatic nitrogens is 1. The molecule has 2 heterocycles. The van der Waals surface area contributed by atoms with Crippen molar-refractivity contribution in [1.29, 1.82) is 0 Å². The molecular formula is C14H12N2O4. The summed E-state index contributed by atoms with van der Waals surface area (Å²) in [7, 11) is 0. The zero-order chi connectivity index (χ0) is 13.9. The minimum atomic E-state index is -0.988. The van der Waals surface area contributed by atoms with Gasteiger partial charge in [-0.05, 0) is 24.3 Å². The number of hydrogen-bond donors (Lipinski definition) is 2. The van der Waals surface area contributed by atoms with Crippen molar-refractivity contribution in [3.05, 3.63) is 42.1 Å². The van der Waals surface area contributed by atoms with Crippen LogP contribution in [0.2, 0.25) is 0 Å². The number of ether oxygens (including phenoxy) is 2. The van der Waals surface area contributed by atoms with Gasteiger partial charge in [-0.1, -0.05) is 0 Å². The third kappa shape index (κ3) is 2.49. The van der Waals surface area contributed by atoms with Crippen LogP contribution in [0.25, 0.3) is 0 Å². The van der Waals surface area contributed by atoms with E-state index in [1.54, 1.807) is 12.1 Å². The normalized spacial score (nSPS) is 12.8. The molecule has 0 spiro atoms. The second kappa shape index (κ2) is 5.08. The zero-order valence-corrected chi connectivity index (χ0v) is 10.5. The monoisotopic (exact) mass is 272 g/mol. The van der Waals surface area contributed by atoms with E-state index >= 15 is 0 Å². The van der Waals surface area contributed by atoms with E-state index in [4.69, 9.17) is 14.6 Å². The van der Waals surface area contributed by atoms with Crippen molar-refractivity contribution in [3.63, 3.8) is 0 Å². The number of benzene rings is 1. The number of nitrogens with zero attached hydrogens (tertiary/aromatic N) is 1. The smallest absolute Gasteiger partial charge is 0.335 e. The lowest BCUT2D eigenvalue weighted by Gasteiger charge is -2.19. The van der Waals surface area contributed by atoms with Gasteiger partial charge < -0.3 is 19.9 Å². The average molecular weight is 272 g/mol. The molecule has 0 unspecified atom stereocenters. The van der Waals surface area contributed by atoms with E-state index in [2.05, 4.69) is 10.3 Å². The van der Waals surface area contributed by atoms with Gasteiger partial charge in [0.2, 0.25) is 0 Å². The highest BCUT2D eigenvalue weighted by Crippen LogP contribution is 2.33. The van der Waals surface area contributed by atoms with Crippen molar-refractivity contribution < 1.29 is 19.4 Å². The van der Waals surface area contributed by atoms with Gasteiger partial charge in [0.05, 0.1) is 5.56 Å². The Hall–Kier alpha value is -2.76. The molecule has 1 aliphatic heterocycles. The summed E-state index contributed by atoms with van der Waals surface area (Å²) in [5.41, 5.74) is 0.935. The molecule has 3 rings (SSSR count). The number of anilines is 2. The quantitative estimate of drug-likeness (QED) is 0.892. The lowest BCUT2D eigenvalue weighted by molar-refractivity contribution is 0.0697. The van der Waals surface area contributed by atoms with Crippen LogP contribution in [0.4, 0.5) is 11.5 Å². The summed E-state index contributed by atoms with van der Waals surface area (Å²) in [6, 6.07) is 8.33. The van der Waals surface area contributed by atoms with Crippen LogP contribution in [0.1, 0.15) is 10.4 Å². The lowest BCUT2D eigenvalue weighted by atomic mass is 10.2. The molecule has 0 radical (unpaired) electrons. The molecule has 20 heavy (non-hydrogen) atoms. The SMILES string of the molecule is O=C(O)c1ccnc(Nc2ccc3c(c2)OCCO3)c1. The van der Waals surface area contributed by atoms with E-state index in [9.17, 15) is 4.79 Å². The number of nitrogens with one attached hydrogen (secondary N) is 1. The summed E-state index contributed by atoms with van der Waals surface area (Å²) < 4.78 is 10.9. The van der Waals surface area contributed by atoms with Crippen molar-refractivity contribution in [2.75, 3.05) is 18.5 Å². The highest BCUT2D eigenvalue weighted by Gasteiger charge is 2.12. The molecule has 0 saturated heterocycles. The van der Waals surface area contributed by atoms with Gasteiger partial charge in [-0.15, -0.1) is 0 Å². The number of pyridine rings is 1. The second-order valence-electron chi connectivity index (χ2n) is 4.22. The fourth-order valence-corrected chi connectivity index (χ4v) is 1.90. The maximum absolute atomic E-state index is 10.9. The molecule has 0 bridgehead atoms. The van der Waals surface area contributed by atoms with Gasteiger partial charge in [-0.2, -0.15) is 0 Å². The topological polar surface area (TPSA) is 80.7 Å². The van der Waals surface area contributed by atoms with Gasteiger partial charge in [0.1, 0.15) is 19.0 Å². The first kappa shape index (κ1) is 12.3. The minimum Gasteiger partial charge on any atom is -0.486 e. The molecule has 1 aromatic carbocycles. The number of aromatic carboxylic acids is 1. The lowest BCUT2D eigenvalue weighted by Crippen LogP contribution is -2.15. The van der Waals surface area contributed by atoms with Crippen LogP contribution in [-0.2, 0) is 0 Å². The van der Waals surface area contributed by atoms with Crippen molar-refractivity contribution in [3.8, 4) is 11.5 Å². The molecule has 102 valence electrons. The van der Waals surface area contributed by atoms with Crippen molar-refractivity contribution in [2.45, 2.75) is 0 Å². The Balaban J connectivity index is 1.84. The van der Waals surface area contributed by atoms with Crippen LogP contribution >= 0.6 is 0 Å². The van der Waals surface area contributed by atoms with Gasteiger partial charge >= 0.3 is 5.97 Å². The third-order valence-corrected chi connectivity index (χ3v) is 2.82. The Morgan fingerprint density at radius 3 is 2.75 bits per heavy atom. The number of fused-ring (bicyclic) bond motifs is 1. The number of carbonyl (C=O) groups is 1. The molecular weight excluding hydrogens is 260 g/mol. The summed E-state index contributed by atoms with van der Waals surface area (Å²) in [5, 5.41) is 12.0. The van der Waals surface area contributed by atoms with E-state index in [0.717, 1.165) is 5.69 Å². The Labute approximate surface area is 115 Å². The summed E-state index contributed by atoms with van der Waals surface area (Å²) >= 11 is 0. The van der Waals surface area contributed by atoms with E-state index in [-0.39, 0.29) is 5.56 Å². The molecule has 6 heteroatoms. The molecule has 0 aliphatic carbocycles. The van der Waals surface area contributed by atoms with Crippen LogP contribution in [0, 0.1) is 0 Å². The highest BCUT2D eigenvalue weighted by atomic mass is 16.6. The maximum atomic E-state index is 10.9. The van der Waals surface area contributed by atoms with Crippen LogP contribution in [0.15, 0.2) is 36.5 Å². The van der Waals surface area contributed by atoms with Gasteiger partial charge in [-0.25, -0.2) is 9.78 Å². The van der Waals surface area contributed by atoms with Crippen molar-refractivity contribution in [1.82, 2.24) is 4.98 Å². The van der Waals surface area contributed by atoms with E-state index in [1.807, 2.05) is 6.07 Å². The molecule has 1 aliphatic rings. The van der Waals surface area contributed by atoms with Crippen molar-refractivity contribution >= 4 is 17.5 Å². The van der Waals surface area contributed by atoms with Gasteiger partial charge in [-0.3, -0.25) is 0 Å². The number of hydrogen-bond acceptors (Lipinski definition) is 5. The number of carboxylic acid groups (broad SMARTS) is 1. The van der Waals surface area contributed by atoms with Gasteiger partial charge in [0, 0.05) is 18.0 Å². The summed E-state index contributed by atoms with van der Waals surface area (Å²) in [5.74, 6) is 0.837. The fourth-order valence-electron chi connectivity index (χ4n) is 1.90. The summed E-state index contributed by atoms with van der Waals surface area (Å²) in [4.78, 5) is 15.0. The predicted octanol–water partition coefficient (Wildman–Crippen LogP) is 2.29. The largest absolute Gasteiger partial charge is 0.486 e. The molecule has 0 atom stereocenters. The van der Waals surface area contributed by atoms with Gasteiger partial charge in [0.15, 0.2) is 11.5 Å². The van der Waals surface area contributed by atoms with E-state index in [0.29, 0.717) is 30.5 Å².